The Labute approximate surface area is 227 Å². The van der Waals surface area contributed by atoms with E-state index >= 15 is 0 Å². The lowest BCUT2D eigenvalue weighted by Crippen LogP contribution is -2.29. The van der Waals surface area contributed by atoms with Crippen molar-refractivity contribution in [2.75, 3.05) is 32.9 Å². The summed E-state index contributed by atoms with van der Waals surface area (Å²) in [7, 11) is 1.66. The van der Waals surface area contributed by atoms with Gasteiger partial charge in [0.15, 0.2) is 14.6 Å². The van der Waals surface area contributed by atoms with E-state index in [-0.39, 0.29) is 0 Å². The van der Waals surface area contributed by atoms with Crippen molar-refractivity contribution in [3.8, 4) is 11.5 Å². The molecule has 0 aromatic heterocycles. The first kappa shape index (κ1) is 27.5. The Morgan fingerprint density at radius 3 is 1.50 bits per heavy atom. The van der Waals surface area contributed by atoms with Crippen molar-refractivity contribution >= 4 is 36.4 Å². The van der Waals surface area contributed by atoms with Crippen molar-refractivity contribution in [2.45, 2.75) is 13.0 Å². The van der Waals surface area contributed by atoms with Crippen LogP contribution in [0.5, 0.6) is 11.5 Å². The molecule has 4 N–H and O–H groups in total. The van der Waals surface area contributed by atoms with Crippen LogP contribution >= 0.6 is 0 Å². The molecule has 5 nitrogen and oxygen atoms in total. The molecule has 0 spiro atoms. The van der Waals surface area contributed by atoms with Crippen molar-refractivity contribution in [2.24, 2.45) is 11.5 Å². The zero-order valence-electron chi connectivity index (χ0n) is 22.0. The predicted molar refractivity (Wildman–Crippen MR) is 161 cm³/mol. The summed E-state index contributed by atoms with van der Waals surface area (Å²) in [6.45, 7) is 3.36. The van der Waals surface area contributed by atoms with E-state index in [4.69, 9.17) is 25.7 Å². The molecule has 0 radical (unpaired) electrons. The van der Waals surface area contributed by atoms with Gasteiger partial charge in [-0.3, -0.25) is 0 Å². The summed E-state index contributed by atoms with van der Waals surface area (Å²) in [5, 5.41) is 0. The van der Waals surface area contributed by atoms with Crippen molar-refractivity contribution in [1.29, 1.82) is 0 Å². The van der Waals surface area contributed by atoms with Gasteiger partial charge in [-0.15, -0.1) is 0 Å². The lowest BCUT2D eigenvalue weighted by Gasteiger charge is -2.11. The van der Waals surface area contributed by atoms with Gasteiger partial charge in [0.2, 0.25) is 0 Å². The van der Waals surface area contributed by atoms with Crippen LogP contribution in [0.1, 0.15) is 11.1 Å². The van der Waals surface area contributed by atoms with Crippen molar-refractivity contribution < 1.29 is 14.2 Å². The quantitative estimate of drug-likeness (QED) is 0.185. The van der Waals surface area contributed by atoms with Crippen LogP contribution in [0.15, 0.2) is 97.1 Å². The first-order valence-corrected chi connectivity index (χ1v) is 13.3. The summed E-state index contributed by atoms with van der Waals surface area (Å²) in [4.78, 5) is 0. The van der Waals surface area contributed by atoms with Crippen LogP contribution in [0.4, 0.5) is 0 Å². The Kier molecular flexibility index (Phi) is 10.9. The summed E-state index contributed by atoms with van der Waals surface area (Å²) in [5.74, 6) is 1.81. The molecule has 0 heterocycles. The summed E-state index contributed by atoms with van der Waals surface area (Å²) < 4.78 is 17.5. The zero-order chi connectivity index (χ0) is 26.4. The van der Waals surface area contributed by atoms with Crippen LogP contribution in [0.25, 0.3) is 0 Å². The van der Waals surface area contributed by atoms with Gasteiger partial charge in [0, 0.05) is 13.1 Å². The maximum atomic E-state index is 5.97. The number of para-hydroxylation sites is 2. The lowest BCUT2D eigenvalue weighted by atomic mass is 9.63. The minimum Gasteiger partial charge on any atom is -0.493 e. The highest BCUT2D eigenvalue weighted by molar-refractivity contribution is 6.68. The molecular weight excluding hydrogens is 470 g/mol. The van der Waals surface area contributed by atoms with Gasteiger partial charge in [-0.05, 0) is 40.6 Å². The molecule has 4 aromatic carbocycles. The molecule has 0 amide bonds. The number of benzene rings is 4. The molecule has 0 aliphatic rings. The van der Waals surface area contributed by atoms with E-state index in [1.54, 1.807) is 0 Å². The van der Waals surface area contributed by atoms with Gasteiger partial charge in [0.25, 0.3) is 0 Å². The summed E-state index contributed by atoms with van der Waals surface area (Å²) in [5.41, 5.74) is 18.5. The third-order valence-corrected chi connectivity index (χ3v) is 6.33. The zero-order valence-corrected chi connectivity index (χ0v) is 22.0. The van der Waals surface area contributed by atoms with Gasteiger partial charge in [-0.1, -0.05) is 95.9 Å². The van der Waals surface area contributed by atoms with E-state index in [2.05, 4.69) is 60.7 Å². The van der Waals surface area contributed by atoms with Crippen LogP contribution in [-0.2, 0) is 17.8 Å². The second kappa shape index (κ2) is 15.0. The standard InChI is InChI=1S/C31H36B2N2O3/c34-18-21-37-30-7-3-1-5-28(30)32-26-13-9-24(10-14-26)17-20-36-23-25-11-15-27(16-12-25)33-29-6-2-4-8-31(29)38-22-19-35/h1-16,32-33H,17-23,34-35H2. The Morgan fingerprint density at radius 2 is 1.00 bits per heavy atom. The average molecular weight is 506 g/mol. The summed E-state index contributed by atoms with van der Waals surface area (Å²) in [6.07, 6.45) is 0.883. The number of rotatable bonds is 15. The predicted octanol–water partition coefficient (Wildman–Crippen LogP) is 0.896. The number of hydrogen-bond donors (Lipinski definition) is 2. The summed E-state index contributed by atoms with van der Waals surface area (Å²) >= 11 is 0. The number of ether oxygens (including phenoxy) is 3. The molecule has 38 heavy (non-hydrogen) atoms. The molecule has 0 fully saturated rings. The topological polar surface area (TPSA) is 79.7 Å². The second-order valence-electron chi connectivity index (χ2n) is 9.28. The Bertz CT molecular complexity index is 1150. The van der Waals surface area contributed by atoms with Crippen LogP contribution in [0, 0.1) is 0 Å². The minimum absolute atomic E-state index is 0.509. The second-order valence-corrected chi connectivity index (χ2v) is 9.28. The van der Waals surface area contributed by atoms with E-state index in [1.165, 1.54) is 33.0 Å². The molecule has 194 valence electrons. The fourth-order valence-electron chi connectivity index (χ4n) is 4.32. The van der Waals surface area contributed by atoms with Crippen molar-refractivity contribution in [1.82, 2.24) is 0 Å². The van der Waals surface area contributed by atoms with E-state index in [9.17, 15) is 0 Å². The number of nitrogens with two attached hydrogens (primary N) is 2. The van der Waals surface area contributed by atoms with Gasteiger partial charge >= 0.3 is 0 Å². The van der Waals surface area contributed by atoms with Gasteiger partial charge in [-0.25, -0.2) is 0 Å². The summed E-state index contributed by atoms with van der Waals surface area (Å²) in [6, 6.07) is 33.6. The normalized spacial score (nSPS) is 10.7. The molecule has 4 aromatic rings. The van der Waals surface area contributed by atoms with Crippen LogP contribution in [0.2, 0.25) is 0 Å². The molecule has 0 unspecified atom stereocenters. The Morgan fingerprint density at radius 1 is 0.526 bits per heavy atom. The molecule has 7 heteroatoms. The third-order valence-electron chi connectivity index (χ3n) is 6.33. The molecule has 0 saturated heterocycles. The van der Waals surface area contributed by atoms with E-state index in [1.807, 2.05) is 36.4 Å². The lowest BCUT2D eigenvalue weighted by molar-refractivity contribution is 0.124. The van der Waals surface area contributed by atoms with Gasteiger partial charge in [0.1, 0.15) is 24.7 Å². The number of hydrogen-bond acceptors (Lipinski definition) is 5. The highest BCUT2D eigenvalue weighted by atomic mass is 16.5. The molecular formula is C31H36B2N2O3. The molecule has 0 bridgehead atoms. The highest BCUT2D eigenvalue weighted by Crippen LogP contribution is 2.08. The van der Waals surface area contributed by atoms with Gasteiger partial charge < -0.3 is 25.7 Å². The van der Waals surface area contributed by atoms with E-state index in [0.29, 0.717) is 39.5 Å². The molecule has 0 aliphatic heterocycles. The smallest absolute Gasteiger partial charge is 0.197 e. The van der Waals surface area contributed by atoms with Crippen LogP contribution in [-0.4, -0.2) is 47.5 Å². The fourth-order valence-corrected chi connectivity index (χ4v) is 4.32. The monoisotopic (exact) mass is 506 g/mol. The average Bonchev–Trinajstić information content (AvgIpc) is 2.96. The van der Waals surface area contributed by atoms with E-state index in [0.717, 1.165) is 32.5 Å². The largest absolute Gasteiger partial charge is 0.493 e. The SMILES string of the molecule is NCCOc1ccccc1Bc1ccc(CCOCc2ccc(Bc3ccccc3OCCN)cc2)cc1. The first-order valence-electron chi connectivity index (χ1n) is 13.3. The first-order chi connectivity index (χ1) is 18.7. The van der Waals surface area contributed by atoms with Crippen molar-refractivity contribution in [3.05, 3.63) is 108 Å². The van der Waals surface area contributed by atoms with Crippen LogP contribution < -0.4 is 42.8 Å². The molecule has 0 atom stereocenters. The Balaban J connectivity index is 1.21. The minimum atomic E-state index is 0.509. The van der Waals surface area contributed by atoms with Crippen molar-refractivity contribution in [3.63, 3.8) is 0 Å². The highest BCUT2D eigenvalue weighted by Gasteiger charge is 2.08. The molecule has 0 aliphatic carbocycles. The van der Waals surface area contributed by atoms with E-state index < -0.39 is 0 Å². The van der Waals surface area contributed by atoms with Gasteiger partial charge in [0.05, 0.1) is 13.2 Å². The molecule has 0 saturated carbocycles. The maximum absolute atomic E-state index is 5.97. The third kappa shape index (κ3) is 8.52. The Hall–Kier alpha value is -3.51. The maximum Gasteiger partial charge on any atom is 0.197 e. The van der Waals surface area contributed by atoms with Gasteiger partial charge in [-0.2, -0.15) is 0 Å². The molecule has 4 rings (SSSR count). The fraction of sp³-hybridized carbons (Fsp3) is 0.226. The van der Waals surface area contributed by atoms with Crippen LogP contribution in [0.3, 0.4) is 0 Å².